The van der Waals surface area contributed by atoms with Gasteiger partial charge in [-0.15, -0.1) is 0 Å². The lowest BCUT2D eigenvalue weighted by Gasteiger charge is -2.29. The minimum absolute atomic E-state index is 0.0754. The van der Waals surface area contributed by atoms with Gasteiger partial charge in [-0.3, -0.25) is 0 Å². The Bertz CT molecular complexity index is 384. The van der Waals surface area contributed by atoms with Crippen LogP contribution >= 0.6 is 0 Å². The quantitative estimate of drug-likeness (QED) is 0.877. The van der Waals surface area contributed by atoms with Gasteiger partial charge in [0.15, 0.2) is 11.6 Å². The number of piperidine rings is 1. The molecule has 17 heavy (non-hydrogen) atoms. The predicted molar refractivity (Wildman–Crippen MR) is 61.6 cm³/mol. The average molecular weight is 241 g/mol. The Morgan fingerprint density at radius 1 is 1.41 bits per heavy atom. The predicted octanol–water partition coefficient (Wildman–Crippen LogP) is 2.48. The third kappa shape index (κ3) is 3.01. The first kappa shape index (κ1) is 12.5. The van der Waals surface area contributed by atoms with Gasteiger partial charge in [-0.05, 0) is 24.9 Å². The van der Waals surface area contributed by atoms with Crippen LogP contribution in [-0.4, -0.2) is 19.2 Å². The van der Waals surface area contributed by atoms with E-state index in [-0.39, 0.29) is 18.3 Å². The van der Waals surface area contributed by atoms with Crippen LogP contribution in [0, 0.1) is 17.6 Å². The highest BCUT2D eigenvalue weighted by atomic mass is 19.2. The molecule has 0 saturated carbocycles. The maximum absolute atomic E-state index is 13.4. The van der Waals surface area contributed by atoms with E-state index in [2.05, 4.69) is 12.2 Å². The SMILES string of the molecule is CC1CCNCC1OCc1cccc(F)c1F. The van der Waals surface area contributed by atoms with Crippen LogP contribution in [-0.2, 0) is 11.3 Å². The van der Waals surface area contributed by atoms with Gasteiger partial charge in [0.25, 0.3) is 0 Å². The van der Waals surface area contributed by atoms with Crippen LogP contribution in [0.5, 0.6) is 0 Å². The second-order valence-electron chi connectivity index (χ2n) is 4.53. The summed E-state index contributed by atoms with van der Waals surface area (Å²) in [4.78, 5) is 0. The van der Waals surface area contributed by atoms with Gasteiger partial charge < -0.3 is 10.1 Å². The van der Waals surface area contributed by atoms with E-state index in [1.165, 1.54) is 6.07 Å². The number of rotatable bonds is 3. The molecule has 1 N–H and O–H groups in total. The van der Waals surface area contributed by atoms with Crippen molar-refractivity contribution in [2.45, 2.75) is 26.1 Å². The van der Waals surface area contributed by atoms with Gasteiger partial charge in [-0.25, -0.2) is 8.78 Å². The molecule has 94 valence electrons. The number of hydrogen-bond acceptors (Lipinski definition) is 2. The van der Waals surface area contributed by atoms with E-state index in [1.54, 1.807) is 6.07 Å². The summed E-state index contributed by atoms with van der Waals surface area (Å²) in [5.74, 6) is -1.17. The van der Waals surface area contributed by atoms with Crippen molar-refractivity contribution in [1.29, 1.82) is 0 Å². The highest BCUT2D eigenvalue weighted by Crippen LogP contribution is 2.18. The van der Waals surface area contributed by atoms with Crippen molar-refractivity contribution in [2.24, 2.45) is 5.92 Å². The molecule has 1 aromatic rings. The average Bonchev–Trinajstić information content (AvgIpc) is 2.33. The van der Waals surface area contributed by atoms with E-state index in [1.807, 2.05) is 0 Å². The highest BCUT2D eigenvalue weighted by Gasteiger charge is 2.22. The largest absolute Gasteiger partial charge is 0.372 e. The lowest BCUT2D eigenvalue weighted by molar-refractivity contribution is -0.00784. The molecule has 2 nitrogen and oxygen atoms in total. The van der Waals surface area contributed by atoms with Crippen molar-refractivity contribution in [3.63, 3.8) is 0 Å². The van der Waals surface area contributed by atoms with Crippen molar-refractivity contribution >= 4 is 0 Å². The Morgan fingerprint density at radius 2 is 2.24 bits per heavy atom. The fraction of sp³-hybridized carbons (Fsp3) is 0.538. The van der Waals surface area contributed by atoms with E-state index < -0.39 is 11.6 Å². The van der Waals surface area contributed by atoms with E-state index in [0.717, 1.165) is 25.6 Å². The van der Waals surface area contributed by atoms with Crippen LogP contribution in [0.4, 0.5) is 8.78 Å². The van der Waals surface area contributed by atoms with Crippen molar-refractivity contribution < 1.29 is 13.5 Å². The van der Waals surface area contributed by atoms with Crippen LogP contribution in [0.2, 0.25) is 0 Å². The highest BCUT2D eigenvalue weighted by molar-refractivity contribution is 5.18. The molecule has 1 heterocycles. The molecule has 1 aliphatic rings. The Balaban J connectivity index is 1.95. The third-order valence-electron chi connectivity index (χ3n) is 3.24. The van der Waals surface area contributed by atoms with Gasteiger partial charge in [0.05, 0.1) is 12.7 Å². The summed E-state index contributed by atoms with van der Waals surface area (Å²) in [6.45, 7) is 4.02. The smallest absolute Gasteiger partial charge is 0.164 e. The lowest BCUT2D eigenvalue weighted by Crippen LogP contribution is -2.41. The maximum Gasteiger partial charge on any atom is 0.164 e. The zero-order valence-corrected chi connectivity index (χ0v) is 9.88. The minimum Gasteiger partial charge on any atom is -0.372 e. The van der Waals surface area contributed by atoms with Gasteiger partial charge in [0.1, 0.15) is 0 Å². The molecule has 4 heteroatoms. The van der Waals surface area contributed by atoms with Gasteiger partial charge in [0.2, 0.25) is 0 Å². The summed E-state index contributed by atoms with van der Waals surface area (Å²) < 4.78 is 32.0. The van der Waals surface area contributed by atoms with Crippen LogP contribution in [0.25, 0.3) is 0 Å². The van der Waals surface area contributed by atoms with Crippen LogP contribution in [0.1, 0.15) is 18.9 Å². The normalized spacial score (nSPS) is 24.9. The number of hydrogen-bond donors (Lipinski definition) is 1. The zero-order chi connectivity index (χ0) is 12.3. The zero-order valence-electron chi connectivity index (χ0n) is 9.88. The molecule has 0 radical (unpaired) electrons. The van der Waals surface area contributed by atoms with Crippen molar-refractivity contribution in [3.8, 4) is 0 Å². The van der Waals surface area contributed by atoms with Crippen molar-refractivity contribution in [1.82, 2.24) is 5.32 Å². The van der Waals surface area contributed by atoms with Gasteiger partial charge in [0, 0.05) is 12.1 Å². The van der Waals surface area contributed by atoms with E-state index >= 15 is 0 Å². The molecule has 0 bridgehead atoms. The van der Waals surface area contributed by atoms with Gasteiger partial charge in [-0.1, -0.05) is 19.1 Å². The Labute approximate surface area is 100.0 Å². The Kier molecular flexibility index (Phi) is 4.07. The summed E-state index contributed by atoms with van der Waals surface area (Å²) in [5.41, 5.74) is 0.280. The Hall–Kier alpha value is -1.00. The molecule has 0 amide bonds. The summed E-state index contributed by atoms with van der Waals surface area (Å²) in [6, 6.07) is 4.17. The number of ether oxygens (including phenoxy) is 1. The molecule has 2 rings (SSSR count). The fourth-order valence-corrected chi connectivity index (χ4v) is 2.04. The first-order chi connectivity index (χ1) is 8.18. The number of benzene rings is 1. The molecule has 0 aliphatic carbocycles. The van der Waals surface area contributed by atoms with Gasteiger partial charge in [-0.2, -0.15) is 0 Å². The molecule has 2 unspecified atom stereocenters. The first-order valence-electron chi connectivity index (χ1n) is 5.93. The molecule has 2 atom stereocenters. The topological polar surface area (TPSA) is 21.3 Å². The minimum atomic E-state index is -0.819. The monoisotopic (exact) mass is 241 g/mol. The van der Waals surface area contributed by atoms with Crippen LogP contribution in [0.15, 0.2) is 18.2 Å². The lowest BCUT2D eigenvalue weighted by atomic mass is 9.97. The second-order valence-corrected chi connectivity index (χ2v) is 4.53. The van der Waals surface area contributed by atoms with Crippen molar-refractivity contribution in [3.05, 3.63) is 35.4 Å². The molecular formula is C13H17F2NO. The van der Waals surface area contributed by atoms with E-state index in [0.29, 0.717) is 5.92 Å². The summed E-state index contributed by atoms with van der Waals surface area (Å²) in [5, 5.41) is 3.23. The molecule has 1 saturated heterocycles. The molecule has 1 aromatic carbocycles. The summed E-state index contributed by atoms with van der Waals surface area (Å²) in [7, 11) is 0. The molecule has 1 fully saturated rings. The second kappa shape index (κ2) is 5.56. The molecule has 0 spiro atoms. The standard InChI is InChI=1S/C13H17F2NO/c1-9-5-6-16-7-12(9)17-8-10-3-2-4-11(14)13(10)15/h2-4,9,12,16H,5-8H2,1H3. The first-order valence-corrected chi connectivity index (χ1v) is 5.93. The van der Waals surface area contributed by atoms with E-state index in [9.17, 15) is 8.78 Å². The van der Waals surface area contributed by atoms with Crippen LogP contribution < -0.4 is 5.32 Å². The molecular weight excluding hydrogens is 224 g/mol. The van der Waals surface area contributed by atoms with Crippen molar-refractivity contribution in [2.75, 3.05) is 13.1 Å². The van der Waals surface area contributed by atoms with Gasteiger partial charge >= 0.3 is 0 Å². The Morgan fingerprint density at radius 3 is 3.00 bits per heavy atom. The number of nitrogens with one attached hydrogen (secondary N) is 1. The molecule has 1 aliphatic heterocycles. The van der Waals surface area contributed by atoms with Crippen LogP contribution in [0.3, 0.4) is 0 Å². The van der Waals surface area contributed by atoms with E-state index in [4.69, 9.17) is 4.74 Å². The summed E-state index contributed by atoms with van der Waals surface area (Å²) >= 11 is 0. The fourth-order valence-electron chi connectivity index (χ4n) is 2.04. The molecule has 0 aromatic heterocycles. The number of halogens is 2. The third-order valence-corrected chi connectivity index (χ3v) is 3.24. The maximum atomic E-state index is 13.4. The summed E-state index contributed by atoms with van der Waals surface area (Å²) in [6.07, 6.45) is 1.13.